The van der Waals surface area contributed by atoms with Crippen LogP contribution < -0.4 is 4.74 Å². The molecule has 0 aliphatic heterocycles. The summed E-state index contributed by atoms with van der Waals surface area (Å²) in [6.07, 6.45) is 2.13. The zero-order chi connectivity index (χ0) is 13.1. The topological polar surface area (TPSA) is 42.2 Å². The molecule has 0 fully saturated rings. The number of rotatable bonds is 9. The summed E-state index contributed by atoms with van der Waals surface area (Å²) in [7, 11) is 1.73. The average Bonchev–Trinajstić information content (AvgIpc) is 2.42. The Balaban J connectivity index is 2.05. The Bertz CT molecular complexity index is 376. The maximum atomic E-state index is 8.76. The molecule has 0 N–H and O–H groups in total. The monoisotopic (exact) mass is 265 g/mol. The molecule has 0 aliphatic carbocycles. The van der Waals surface area contributed by atoms with Gasteiger partial charge in [-0.05, 0) is 42.5 Å². The van der Waals surface area contributed by atoms with E-state index in [-0.39, 0.29) is 0 Å². The summed E-state index contributed by atoms with van der Waals surface area (Å²) in [4.78, 5) is 0. The summed E-state index contributed by atoms with van der Waals surface area (Å²) in [5, 5.41) is 8.76. The van der Waals surface area contributed by atoms with Crippen LogP contribution in [0.25, 0.3) is 0 Å². The first-order chi connectivity index (χ1) is 8.86. The van der Waals surface area contributed by atoms with Crippen molar-refractivity contribution in [2.45, 2.75) is 12.8 Å². The van der Waals surface area contributed by atoms with Gasteiger partial charge < -0.3 is 9.47 Å². The molecule has 4 heteroatoms. The molecule has 1 aromatic carbocycles. The van der Waals surface area contributed by atoms with E-state index in [1.165, 1.54) is 0 Å². The van der Waals surface area contributed by atoms with Crippen molar-refractivity contribution in [2.24, 2.45) is 0 Å². The highest BCUT2D eigenvalue weighted by Gasteiger charge is 1.96. The van der Waals surface area contributed by atoms with Crippen molar-refractivity contribution in [2.75, 3.05) is 31.8 Å². The quantitative estimate of drug-likeness (QED) is 0.643. The lowest BCUT2D eigenvalue weighted by Crippen LogP contribution is -1.99. The minimum atomic E-state index is 0.640. The van der Waals surface area contributed by atoms with Crippen LogP contribution in [-0.2, 0) is 4.74 Å². The third-order valence-electron chi connectivity index (χ3n) is 2.30. The summed E-state index contributed by atoms with van der Waals surface area (Å²) in [5.41, 5.74) is 0.640. The third kappa shape index (κ3) is 6.53. The lowest BCUT2D eigenvalue weighted by molar-refractivity contribution is 0.200. The van der Waals surface area contributed by atoms with E-state index in [0.717, 1.165) is 36.7 Å². The fourth-order valence-electron chi connectivity index (χ4n) is 1.41. The van der Waals surface area contributed by atoms with Crippen LogP contribution in [-0.4, -0.2) is 31.8 Å². The number of benzene rings is 1. The molecule has 0 bridgehead atoms. The van der Waals surface area contributed by atoms with Crippen LogP contribution in [0.1, 0.15) is 18.4 Å². The van der Waals surface area contributed by atoms with Gasteiger partial charge in [0.25, 0.3) is 0 Å². The number of methoxy groups -OCH3 is 1. The highest BCUT2D eigenvalue weighted by Crippen LogP contribution is 2.13. The number of nitrogens with zero attached hydrogens (tertiary/aromatic N) is 1. The molecular weight excluding hydrogens is 246 g/mol. The van der Waals surface area contributed by atoms with Crippen LogP contribution in [0.15, 0.2) is 24.3 Å². The van der Waals surface area contributed by atoms with Crippen LogP contribution in [0.3, 0.4) is 0 Å². The van der Waals surface area contributed by atoms with Crippen molar-refractivity contribution in [3.8, 4) is 11.8 Å². The molecule has 0 unspecified atom stereocenters. The minimum Gasteiger partial charge on any atom is -0.494 e. The van der Waals surface area contributed by atoms with Crippen LogP contribution >= 0.6 is 11.8 Å². The van der Waals surface area contributed by atoms with Gasteiger partial charge in [-0.2, -0.15) is 17.0 Å². The van der Waals surface area contributed by atoms with Crippen LogP contribution in [0, 0.1) is 11.3 Å². The van der Waals surface area contributed by atoms with Crippen molar-refractivity contribution in [1.82, 2.24) is 0 Å². The van der Waals surface area contributed by atoms with Gasteiger partial charge in [0.2, 0.25) is 0 Å². The van der Waals surface area contributed by atoms with E-state index in [2.05, 4.69) is 6.07 Å². The molecule has 98 valence electrons. The molecule has 0 saturated carbocycles. The summed E-state index contributed by atoms with van der Waals surface area (Å²) in [6.45, 7) is 1.54. The average molecular weight is 265 g/mol. The molecule has 0 heterocycles. The molecule has 0 radical (unpaired) electrons. The van der Waals surface area contributed by atoms with Crippen molar-refractivity contribution in [3.63, 3.8) is 0 Å². The Hall–Kier alpha value is -1.18. The molecule has 3 nitrogen and oxygen atoms in total. The molecular formula is C14H19NO2S. The van der Waals surface area contributed by atoms with E-state index in [4.69, 9.17) is 14.7 Å². The SMILES string of the molecule is COCCCSCCCOc1cccc(C#N)c1. The van der Waals surface area contributed by atoms with Crippen molar-refractivity contribution in [3.05, 3.63) is 29.8 Å². The molecule has 0 aromatic heterocycles. The largest absolute Gasteiger partial charge is 0.494 e. The van der Waals surface area contributed by atoms with E-state index < -0.39 is 0 Å². The molecule has 1 rings (SSSR count). The van der Waals surface area contributed by atoms with Gasteiger partial charge in [0.1, 0.15) is 5.75 Å². The van der Waals surface area contributed by atoms with Gasteiger partial charge in [-0.15, -0.1) is 0 Å². The molecule has 0 spiro atoms. The van der Waals surface area contributed by atoms with Crippen LogP contribution in [0.4, 0.5) is 0 Å². The number of hydrogen-bond donors (Lipinski definition) is 0. The number of nitriles is 1. The lowest BCUT2D eigenvalue weighted by Gasteiger charge is -2.06. The fourth-order valence-corrected chi connectivity index (χ4v) is 2.26. The summed E-state index contributed by atoms with van der Waals surface area (Å²) in [5.74, 6) is 3.01. The normalized spacial score (nSPS) is 10.0. The zero-order valence-electron chi connectivity index (χ0n) is 10.7. The molecule has 0 atom stereocenters. The second kappa shape index (κ2) is 9.81. The fraction of sp³-hybridized carbons (Fsp3) is 0.500. The highest BCUT2D eigenvalue weighted by atomic mass is 32.2. The summed E-state index contributed by atoms with van der Waals surface area (Å²) >= 11 is 1.92. The minimum absolute atomic E-state index is 0.640. The number of hydrogen-bond acceptors (Lipinski definition) is 4. The molecule has 0 saturated heterocycles. The second-order valence-electron chi connectivity index (χ2n) is 3.80. The van der Waals surface area contributed by atoms with Gasteiger partial charge in [-0.25, -0.2) is 0 Å². The molecule has 0 aliphatic rings. The zero-order valence-corrected chi connectivity index (χ0v) is 11.5. The van der Waals surface area contributed by atoms with Crippen LogP contribution in [0.5, 0.6) is 5.75 Å². The van der Waals surface area contributed by atoms with Gasteiger partial charge in [0, 0.05) is 13.7 Å². The van der Waals surface area contributed by atoms with Gasteiger partial charge >= 0.3 is 0 Å². The van der Waals surface area contributed by atoms with E-state index >= 15 is 0 Å². The van der Waals surface area contributed by atoms with E-state index in [1.807, 2.05) is 23.9 Å². The molecule has 0 amide bonds. The van der Waals surface area contributed by atoms with E-state index in [0.29, 0.717) is 12.2 Å². The van der Waals surface area contributed by atoms with Gasteiger partial charge in [0.15, 0.2) is 0 Å². The van der Waals surface area contributed by atoms with Gasteiger partial charge in [-0.3, -0.25) is 0 Å². The van der Waals surface area contributed by atoms with Crippen molar-refractivity contribution in [1.29, 1.82) is 5.26 Å². The van der Waals surface area contributed by atoms with Crippen LogP contribution in [0.2, 0.25) is 0 Å². The molecule has 18 heavy (non-hydrogen) atoms. The standard InChI is InChI=1S/C14H19NO2S/c1-16-7-3-9-18-10-4-8-17-14-6-2-5-13(11-14)12-15/h2,5-6,11H,3-4,7-10H2,1H3. The maximum absolute atomic E-state index is 8.76. The summed E-state index contributed by atoms with van der Waals surface area (Å²) in [6, 6.07) is 9.37. The third-order valence-corrected chi connectivity index (χ3v) is 3.46. The van der Waals surface area contributed by atoms with E-state index in [9.17, 15) is 0 Å². The number of thioether (sulfide) groups is 1. The van der Waals surface area contributed by atoms with Gasteiger partial charge in [-0.1, -0.05) is 6.07 Å². The first-order valence-electron chi connectivity index (χ1n) is 6.06. The highest BCUT2D eigenvalue weighted by molar-refractivity contribution is 7.99. The smallest absolute Gasteiger partial charge is 0.120 e. The first-order valence-corrected chi connectivity index (χ1v) is 7.22. The van der Waals surface area contributed by atoms with Crippen molar-refractivity contribution < 1.29 is 9.47 Å². The predicted octanol–water partition coefficient (Wildman–Crippen LogP) is 3.10. The lowest BCUT2D eigenvalue weighted by atomic mass is 10.2. The predicted molar refractivity (Wildman–Crippen MR) is 75.1 cm³/mol. The maximum Gasteiger partial charge on any atom is 0.120 e. The Labute approximate surface area is 113 Å². The first kappa shape index (κ1) is 14.9. The van der Waals surface area contributed by atoms with E-state index in [1.54, 1.807) is 19.2 Å². The Morgan fingerprint density at radius 2 is 2.00 bits per heavy atom. The Kier molecular flexibility index (Phi) is 8.11. The van der Waals surface area contributed by atoms with Gasteiger partial charge in [0.05, 0.1) is 18.2 Å². The molecule has 1 aromatic rings. The summed E-state index contributed by atoms with van der Waals surface area (Å²) < 4.78 is 10.6. The van der Waals surface area contributed by atoms with Crippen molar-refractivity contribution >= 4 is 11.8 Å². The Morgan fingerprint density at radius 3 is 2.72 bits per heavy atom. The number of ether oxygens (including phenoxy) is 2. The second-order valence-corrected chi connectivity index (χ2v) is 5.03. The Morgan fingerprint density at radius 1 is 1.22 bits per heavy atom.